The Balaban J connectivity index is 1.69. The van der Waals surface area contributed by atoms with Crippen molar-refractivity contribution >= 4 is 17.5 Å². The van der Waals surface area contributed by atoms with Crippen LogP contribution in [0.1, 0.15) is 16.8 Å². The van der Waals surface area contributed by atoms with Crippen molar-refractivity contribution in [2.24, 2.45) is 0 Å². The van der Waals surface area contributed by atoms with E-state index >= 15 is 0 Å². The molecular formula is C16H16ClN3O3. The molecule has 2 aromatic rings. The monoisotopic (exact) mass is 333 g/mol. The normalized spacial score (nSPS) is 17.1. The summed E-state index contributed by atoms with van der Waals surface area (Å²) in [6.45, 7) is 1.10. The second-order valence-electron chi connectivity index (χ2n) is 5.19. The Morgan fingerprint density at radius 2 is 2.26 bits per heavy atom. The molecule has 0 aliphatic carbocycles. The molecule has 0 spiro atoms. The fourth-order valence-corrected chi connectivity index (χ4v) is 2.72. The van der Waals surface area contributed by atoms with Crippen LogP contribution in [0.15, 0.2) is 36.5 Å². The number of hydrogen-bond donors (Lipinski definition) is 0. The second kappa shape index (κ2) is 6.83. The van der Waals surface area contributed by atoms with Crippen molar-refractivity contribution in [3.8, 4) is 11.6 Å². The molecule has 0 radical (unpaired) electrons. The topological polar surface area (TPSA) is 64.5 Å². The molecule has 1 aliphatic rings. The van der Waals surface area contributed by atoms with Crippen LogP contribution in [0.4, 0.5) is 0 Å². The van der Waals surface area contributed by atoms with Gasteiger partial charge in [-0.3, -0.25) is 4.79 Å². The summed E-state index contributed by atoms with van der Waals surface area (Å²) in [4.78, 5) is 14.4. The van der Waals surface area contributed by atoms with E-state index < -0.39 is 0 Å². The molecule has 1 atom stereocenters. The van der Waals surface area contributed by atoms with Gasteiger partial charge >= 0.3 is 0 Å². The first-order chi connectivity index (χ1) is 11.2. The molecule has 0 N–H and O–H groups in total. The van der Waals surface area contributed by atoms with E-state index in [1.54, 1.807) is 41.4 Å². The summed E-state index contributed by atoms with van der Waals surface area (Å²) in [7, 11) is 1.53. The maximum absolute atomic E-state index is 12.7. The Kier molecular flexibility index (Phi) is 4.62. The van der Waals surface area contributed by atoms with Gasteiger partial charge in [0.05, 0.1) is 19.2 Å². The highest BCUT2D eigenvalue weighted by Gasteiger charge is 2.30. The van der Waals surface area contributed by atoms with Crippen LogP contribution in [0.5, 0.6) is 11.6 Å². The van der Waals surface area contributed by atoms with Crippen molar-refractivity contribution in [3.63, 3.8) is 0 Å². The van der Waals surface area contributed by atoms with Crippen LogP contribution in [-0.2, 0) is 0 Å². The number of hydrogen-bond acceptors (Lipinski definition) is 5. The van der Waals surface area contributed by atoms with Crippen LogP contribution in [0.25, 0.3) is 0 Å². The van der Waals surface area contributed by atoms with Gasteiger partial charge in [0.15, 0.2) is 0 Å². The molecule has 1 aromatic heterocycles. The zero-order chi connectivity index (χ0) is 16.2. The summed E-state index contributed by atoms with van der Waals surface area (Å²) in [5.41, 5.74) is 0.458. The van der Waals surface area contributed by atoms with Crippen LogP contribution in [0.2, 0.25) is 5.02 Å². The number of carbonyl (C=O) groups is 1. The Morgan fingerprint density at radius 1 is 1.39 bits per heavy atom. The average molecular weight is 334 g/mol. The van der Waals surface area contributed by atoms with Crippen LogP contribution >= 0.6 is 11.6 Å². The van der Waals surface area contributed by atoms with Gasteiger partial charge in [-0.25, -0.2) is 0 Å². The SMILES string of the molecule is COc1ccc(Cl)cc1C(=O)N1CCC(Oc2cccnn2)C1. The third-order valence-corrected chi connectivity index (χ3v) is 3.89. The van der Waals surface area contributed by atoms with Gasteiger partial charge in [-0.05, 0) is 24.3 Å². The molecule has 0 bridgehead atoms. The lowest BCUT2D eigenvalue weighted by molar-refractivity contribution is 0.0767. The van der Waals surface area contributed by atoms with Crippen molar-refractivity contribution in [2.45, 2.75) is 12.5 Å². The van der Waals surface area contributed by atoms with Crippen LogP contribution < -0.4 is 9.47 Å². The van der Waals surface area contributed by atoms with Crippen molar-refractivity contribution < 1.29 is 14.3 Å². The predicted molar refractivity (Wildman–Crippen MR) is 85.0 cm³/mol. The number of benzene rings is 1. The van der Waals surface area contributed by atoms with Crippen molar-refractivity contribution in [1.82, 2.24) is 15.1 Å². The van der Waals surface area contributed by atoms with E-state index in [0.717, 1.165) is 6.42 Å². The lowest BCUT2D eigenvalue weighted by Crippen LogP contribution is -2.31. The number of carbonyl (C=O) groups excluding carboxylic acids is 1. The quantitative estimate of drug-likeness (QED) is 0.859. The summed E-state index contributed by atoms with van der Waals surface area (Å²) in [6.07, 6.45) is 2.23. The number of amides is 1. The van der Waals surface area contributed by atoms with Crippen molar-refractivity contribution in [3.05, 3.63) is 47.1 Å². The molecule has 1 aromatic carbocycles. The lowest BCUT2D eigenvalue weighted by Gasteiger charge is -2.18. The van der Waals surface area contributed by atoms with E-state index in [9.17, 15) is 4.79 Å². The van der Waals surface area contributed by atoms with Gasteiger partial charge in [-0.2, -0.15) is 5.10 Å². The van der Waals surface area contributed by atoms with E-state index in [1.807, 2.05) is 0 Å². The highest BCUT2D eigenvalue weighted by atomic mass is 35.5. The van der Waals surface area contributed by atoms with Crippen LogP contribution in [0.3, 0.4) is 0 Å². The fraction of sp³-hybridized carbons (Fsp3) is 0.312. The molecule has 1 aliphatic heterocycles. The van der Waals surface area contributed by atoms with Crippen molar-refractivity contribution in [2.75, 3.05) is 20.2 Å². The Hall–Kier alpha value is -2.34. The fourth-order valence-electron chi connectivity index (χ4n) is 2.55. The summed E-state index contributed by atoms with van der Waals surface area (Å²) < 4.78 is 11.0. The standard InChI is InChI=1S/C16H16ClN3O3/c1-22-14-5-4-11(17)9-13(14)16(21)20-8-6-12(10-20)23-15-3-2-7-18-19-15/h2-5,7,9,12H,6,8,10H2,1H3. The molecule has 2 heterocycles. The molecule has 1 fully saturated rings. The number of nitrogens with zero attached hydrogens (tertiary/aromatic N) is 3. The summed E-state index contributed by atoms with van der Waals surface area (Å²) in [5.74, 6) is 0.861. The minimum Gasteiger partial charge on any atom is -0.496 e. The van der Waals surface area contributed by atoms with Gasteiger partial charge in [-0.15, -0.1) is 5.10 Å². The maximum atomic E-state index is 12.7. The first-order valence-electron chi connectivity index (χ1n) is 7.24. The van der Waals surface area contributed by atoms with E-state index in [2.05, 4.69) is 10.2 Å². The minimum absolute atomic E-state index is 0.0965. The third-order valence-electron chi connectivity index (χ3n) is 3.66. The molecule has 120 valence electrons. The molecule has 1 amide bonds. The predicted octanol–water partition coefficient (Wildman–Crippen LogP) is 2.43. The zero-order valence-corrected chi connectivity index (χ0v) is 13.4. The Bertz CT molecular complexity index is 696. The van der Waals surface area contributed by atoms with Gasteiger partial charge in [0, 0.05) is 30.3 Å². The first-order valence-corrected chi connectivity index (χ1v) is 7.62. The Labute approximate surface area is 139 Å². The smallest absolute Gasteiger partial charge is 0.257 e. The molecule has 23 heavy (non-hydrogen) atoms. The van der Waals surface area contributed by atoms with E-state index in [4.69, 9.17) is 21.1 Å². The summed E-state index contributed by atoms with van der Waals surface area (Å²) in [6, 6.07) is 8.52. The molecule has 6 nitrogen and oxygen atoms in total. The number of likely N-dealkylation sites (tertiary alicyclic amines) is 1. The van der Waals surface area contributed by atoms with E-state index in [1.165, 1.54) is 7.11 Å². The number of methoxy groups -OCH3 is 1. The van der Waals surface area contributed by atoms with Crippen molar-refractivity contribution in [1.29, 1.82) is 0 Å². The lowest BCUT2D eigenvalue weighted by atomic mass is 10.1. The van der Waals surface area contributed by atoms with Gasteiger partial charge < -0.3 is 14.4 Å². The van der Waals surface area contributed by atoms with Gasteiger partial charge in [0.2, 0.25) is 5.88 Å². The minimum atomic E-state index is -0.116. The molecular weight excluding hydrogens is 318 g/mol. The molecule has 3 rings (SSSR count). The average Bonchev–Trinajstić information content (AvgIpc) is 3.03. The van der Waals surface area contributed by atoms with Gasteiger partial charge in [0.25, 0.3) is 5.91 Å². The maximum Gasteiger partial charge on any atom is 0.257 e. The number of rotatable bonds is 4. The van der Waals surface area contributed by atoms with Gasteiger partial charge in [-0.1, -0.05) is 11.6 Å². The highest BCUT2D eigenvalue weighted by Crippen LogP contribution is 2.26. The van der Waals surface area contributed by atoms with Gasteiger partial charge in [0.1, 0.15) is 11.9 Å². The number of ether oxygens (including phenoxy) is 2. The second-order valence-corrected chi connectivity index (χ2v) is 5.62. The molecule has 7 heteroatoms. The summed E-state index contributed by atoms with van der Waals surface area (Å²) >= 11 is 5.99. The number of halogens is 1. The first kappa shape index (κ1) is 15.6. The highest BCUT2D eigenvalue weighted by molar-refractivity contribution is 6.31. The van der Waals surface area contributed by atoms with Crippen LogP contribution in [-0.4, -0.2) is 47.3 Å². The van der Waals surface area contributed by atoms with Crippen LogP contribution in [0, 0.1) is 0 Å². The molecule has 0 saturated carbocycles. The third kappa shape index (κ3) is 3.53. The molecule has 1 unspecified atom stereocenters. The zero-order valence-electron chi connectivity index (χ0n) is 12.6. The largest absolute Gasteiger partial charge is 0.496 e. The van der Waals surface area contributed by atoms with E-state index in [-0.39, 0.29) is 12.0 Å². The summed E-state index contributed by atoms with van der Waals surface area (Å²) in [5, 5.41) is 8.17. The van der Waals surface area contributed by atoms with E-state index in [0.29, 0.717) is 35.3 Å². The Morgan fingerprint density at radius 3 is 3.00 bits per heavy atom. The molecule has 1 saturated heterocycles. The number of aromatic nitrogens is 2.